The van der Waals surface area contributed by atoms with Gasteiger partial charge < -0.3 is 15.3 Å². The second-order valence-electron chi connectivity index (χ2n) is 5.15. The molecule has 0 unspecified atom stereocenters. The van der Waals surface area contributed by atoms with Crippen molar-refractivity contribution >= 4 is 38.9 Å². The van der Waals surface area contributed by atoms with Crippen LogP contribution >= 0.6 is 22.9 Å². The van der Waals surface area contributed by atoms with Crippen molar-refractivity contribution in [1.29, 1.82) is 0 Å². The highest BCUT2D eigenvalue weighted by molar-refractivity contribution is 7.91. The molecule has 1 aromatic rings. The van der Waals surface area contributed by atoms with Crippen LogP contribution in [-0.2, 0) is 10.0 Å². The second-order valence-corrected chi connectivity index (χ2v) is 8.86. The maximum Gasteiger partial charge on any atom is 0.250 e. The zero-order valence-electron chi connectivity index (χ0n) is 12.8. The van der Waals surface area contributed by atoms with Crippen LogP contribution in [0, 0.1) is 0 Å². The molecule has 0 radical (unpaired) electrons. The SMILES string of the molecule is CN=C(NCCNS(=O)(=O)c1ccc(Cl)s1)N1CCC(O)CC1. The summed E-state index contributed by atoms with van der Waals surface area (Å²) in [7, 11) is -1.83. The van der Waals surface area contributed by atoms with Crippen LogP contribution in [-0.4, -0.2) is 63.7 Å². The van der Waals surface area contributed by atoms with Gasteiger partial charge in [0.25, 0.3) is 0 Å². The number of nitrogens with one attached hydrogen (secondary N) is 2. The average Bonchev–Trinajstić information content (AvgIpc) is 2.96. The largest absolute Gasteiger partial charge is 0.393 e. The Morgan fingerprint density at radius 1 is 1.43 bits per heavy atom. The lowest BCUT2D eigenvalue weighted by Gasteiger charge is -2.32. The van der Waals surface area contributed by atoms with Gasteiger partial charge in [-0.05, 0) is 25.0 Å². The van der Waals surface area contributed by atoms with Crippen molar-refractivity contribution in [3.63, 3.8) is 0 Å². The first-order valence-corrected chi connectivity index (χ1v) is 9.99. The summed E-state index contributed by atoms with van der Waals surface area (Å²) in [5.74, 6) is 0.718. The van der Waals surface area contributed by atoms with Crippen molar-refractivity contribution in [3.8, 4) is 0 Å². The molecule has 0 spiro atoms. The number of sulfonamides is 1. The summed E-state index contributed by atoms with van der Waals surface area (Å²) in [6.07, 6.45) is 1.19. The van der Waals surface area contributed by atoms with E-state index in [0.717, 1.165) is 30.4 Å². The number of piperidine rings is 1. The molecule has 0 saturated carbocycles. The first kappa shape index (κ1) is 18.5. The minimum atomic E-state index is -3.52. The molecule has 1 aliphatic heterocycles. The third-order valence-electron chi connectivity index (χ3n) is 3.49. The number of aliphatic hydroxyl groups is 1. The van der Waals surface area contributed by atoms with Crippen LogP contribution in [0.4, 0.5) is 0 Å². The quantitative estimate of drug-likeness (QED) is 0.397. The van der Waals surface area contributed by atoms with Crippen molar-refractivity contribution < 1.29 is 13.5 Å². The van der Waals surface area contributed by atoms with E-state index in [1.54, 1.807) is 13.1 Å². The van der Waals surface area contributed by atoms with Gasteiger partial charge in [0, 0.05) is 33.2 Å². The fourth-order valence-electron chi connectivity index (χ4n) is 2.28. The molecule has 130 valence electrons. The van der Waals surface area contributed by atoms with Crippen LogP contribution in [0.15, 0.2) is 21.3 Å². The number of hydrogen-bond donors (Lipinski definition) is 3. The van der Waals surface area contributed by atoms with Crippen LogP contribution in [0.5, 0.6) is 0 Å². The van der Waals surface area contributed by atoms with E-state index in [-0.39, 0.29) is 16.9 Å². The molecule has 23 heavy (non-hydrogen) atoms. The summed E-state index contributed by atoms with van der Waals surface area (Å²) in [6.45, 7) is 2.14. The Labute approximate surface area is 145 Å². The molecule has 0 aliphatic carbocycles. The van der Waals surface area contributed by atoms with Crippen LogP contribution in [0.1, 0.15) is 12.8 Å². The van der Waals surface area contributed by atoms with E-state index in [4.69, 9.17) is 11.6 Å². The fourth-order valence-corrected chi connectivity index (χ4v) is 4.84. The second kappa shape index (κ2) is 8.29. The van der Waals surface area contributed by atoms with Crippen molar-refractivity contribution in [1.82, 2.24) is 14.9 Å². The van der Waals surface area contributed by atoms with E-state index in [1.807, 2.05) is 0 Å². The highest BCUT2D eigenvalue weighted by atomic mass is 35.5. The lowest BCUT2D eigenvalue weighted by Crippen LogP contribution is -2.48. The van der Waals surface area contributed by atoms with Gasteiger partial charge in [-0.1, -0.05) is 11.6 Å². The van der Waals surface area contributed by atoms with E-state index in [0.29, 0.717) is 23.7 Å². The maximum absolute atomic E-state index is 12.0. The first-order valence-electron chi connectivity index (χ1n) is 7.31. The van der Waals surface area contributed by atoms with E-state index in [1.165, 1.54) is 6.07 Å². The van der Waals surface area contributed by atoms with Crippen LogP contribution < -0.4 is 10.0 Å². The molecular weight excluding hydrogens is 360 g/mol. The molecule has 2 heterocycles. The molecule has 3 N–H and O–H groups in total. The van der Waals surface area contributed by atoms with Gasteiger partial charge in [0.2, 0.25) is 10.0 Å². The van der Waals surface area contributed by atoms with Gasteiger partial charge in [-0.2, -0.15) is 0 Å². The molecule has 0 atom stereocenters. The number of thiophene rings is 1. The molecule has 2 rings (SSSR count). The molecule has 10 heteroatoms. The van der Waals surface area contributed by atoms with E-state index in [2.05, 4.69) is 19.9 Å². The number of nitrogens with zero attached hydrogens (tertiary/aromatic N) is 2. The highest BCUT2D eigenvalue weighted by Gasteiger charge is 2.20. The Bertz CT molecular complexity index is 639. The number of likely N-dealkylation sites (tertiary alicyclic amines) is 1. The van der Waals surface area contributed by atoms with Gasteiger partial charge in [-0.25, -0.2) is 13.1 Å². The predicted octanol–water partition coefficient (Wildman–Crippen LogP) is 0.712. The molecule has 1 aliphatic rings. The van der Waals surface area contributed by atoms with E-state index < -0.39 is 10.0 Å². The van der Waals surface area contributed by atoms with Crippen LogP contribution in [0.25, 0.3) is 0 Å². The molecule has 0 amide bonds. The number of hydrogen-bond acceptors (Lipinski definition) is 5. The smallest absolute Gasteiger partial charge is 0.250 e. The van der Waals surface area contributed by atoms with Crippen molar-refractivity contribution in [3.05, 3.63) is 16.5 Å². The zero-order valence-corrected chi connectivity index (χ0v) is 15.2. The first-order chi connectivity index (χ1) is 10.9. The normalized spacial score (nSPS) is 17.5. The van der Waals surface area contributed by atoms with Crippen LogP contribution in [0.3, 0.4) is 0 Å². The van der Waals surface area contributed by atoms with Crippen molar-refractivity contribution in [2.75, 3.05) is 33.2 Å². The highest BCUT2D eigenvalue weighted by Crippen LogP contribution is 2.25. The number of rotatable bonds is 5. The number of halogens is 1. The van der Waals surface area contributed by atoms with Gasteiger partial charge in [0.15, 0.2) is 5.96 Å². The number of guanidine groups is 1. The van der Waals surface area contributed by atoms with Gasteiger partial charge in [-0.3, -0.25) is 4.99 Å². The van der Waals surface area contributed by atoms with Gasteiger partial charge in [-0.15, -0.1) is 11.3 Å². The molecule has 0 bridgehead atoms. The van der Waals surface area contributed by atoms with Gasteiger partial charge >= 0.3 is 0 Å². The molecule has 1 aromatic heterocycles. The molecule has 7 nitrogen and oxygen atoms in total. The number of aliphatic imine (C=N–C) groups is 1. The van der Waals surface area contributed by atoms with Gasteiger partial charge in [0.05, 0.1) is 10.4 Å². The van der Waals surface area contributed by atoms with Crippen LogP contribution in [0.2, 0.25) is 4.34 Å². The summed E-state index contributed by atoms with van der Waals surface area (Å²) in [5.41, 5.74) is 0. The monoisotopic (exact) mass is 380 g/mol. The summed E-state index contributed by atoms with van der Waals surface area (Å²) >= 11 is 6.78. The average molecular weight is 381 g/mol. The summed E-state index contributed by atoms with van der Waals surface area (Å²) in [4.78, 5) is 6.25. The van der Waals surface area contributed by atoms with Crippen molar-refractivity contribution in [2.24, 2.45) is 4.99 Å². The van der Waals surface area contributed by atoms with Gasteiger partial charge in [0.1, 0.15) is 4.21 Å². The molecule has 0 aromatic carbocycles. The number of aliphatic hydroxyl groups excluding tert-OH is 1. The fraction of sp³-hybridized carbons (Fsp3) is 0.615. The Balaban J connectivity index is 1.78. The standard InChI is InChI=1S/C13H21ClN4O3S2/c1-15-13(18-8-4-10(19)5-9-18)16-6-7-17-23(20,21)12-3-2-11(14)22-12/h2-3,10,17,19H,4-9H2,1H3,(H,15,16). The van der Waals surface area contributed by atoms with Crippen molar-refractivity contribution in [2.45, 2.75) is 23.2 Å². The molecule has 1 fully saturated rings. The topological polar surface area (TPSA) is 94.0 Å². The Morgan fingerprint density at radius 2 is 2.13 bits per heavy atom. The maximum atomic E-state index is 12.0. The molecular formula is C13H21ClN4O3S2. The third-order valence-corrected chi connectivity index (χ3v) is 6.67. The third kappa shape index (κ3) is 5.32. The minimum Gasteiger partial charge on any atom is -0.393 e. The Hall–Kier alpha value is -0.870. The minimum absolute atomic E-state index is 0.205. The lowest BCUT2D eigenvalue weighted by molar-refractivity contribution is 0.108. The van der Waals surface area contributed by atoms with E-state index in [9.17, 15) is 13.5 Å². The predicted molar refractivity (Wildman–Crippen MR) is 92.7 cm³/mol. The Kier molecular flexibility index (Phi) is 6.66. The lowest BCUT2D eigenvalue weighted by atomic mass is 10.1. The summed E-state index contributed by atoms with van der Waals surface area (Å²) < 4.78 is 27.3. The molecule has 1 saturated heterocycles. The zero-order chi connectivity index (χ0) is 16.9. The summed E-state index contributed by atoms with van der Waals surface area (Å²) in [5, 5.41) is 12.7. The van der Waals surface area contributed by atoms with E-state index >= 15 is 0 Å². The summed E-state index contributed by atoms with van der Waals surface area (Å²) in [6, 6.07) is 3.05. The Morgan fingerprint density at radius 3 is 2.70 bits per heavy atom.